The molecule has 0 heterocycles. The van der Waals surface area contributed by atoms with Crippen molar-refractivity contribution < 1.29 is 9.53 Å². The summed E-state index contributed by atoms with van der Waals surface area (Å²) in [6, 6.07) is 10.8. The maximum atomic E-state index is 12.2. The van der Waals surface area contributed by atoms with Crippen LogP contribution in [-0.2, 0) is 0 Å². The Morgan fingerprint density at radius 3 is 2.67 bits per heavy atom. The molecule has 1 amide bonds. The van der Waals surface area contributed by atoms with Gasteiger partial charge in [-0.05, 0) is 65.7 Å². The zero-order valence-corrected chi connectivity index (χ0v) is 13.5. The predicted molar refractivity (Wildman–Crippen MR) is 88.9 cm³/mol. The highest BCUT2D eigenvalue weighted by molar-refractivity contribution is 9.10. The molecular weight excluding hydrogens is 332 g/mol. The van der Waals surface area contributed by atoms with E-state index in [1.165, 1.54) is 0 Å². The summed E-state index contributed by atoms with van der Waals surface area (Å²) in [6.07, 6.45) is 0. The Balaban J connectivity index is 2.18. The lowest BCUT2D eigenvalue weighted by Gasteiger charge is -2.10. The first-order valence-electron chi connectivity index (χ1n) is 6.61. The highest BCUT2D eigenvalue weighted by Gasteiger charge is 2.10. The topological polar surface area (TPSA) is 64.3 Å². The molecule has 0 atom stereocenters. The van der Waals surface area contributed by atoms with E-state index in [2.05, 4.69) is 21.2 Å². The summed E-state index contributed by atoms with van der Waals surface area (Å²) in [5.74, 6) is 0.375. The van der Waals surface area contributed by atoms with E-state index < -0.39 is 0 Å². The minimum atomic E-state index is -0.214. The lowest BCUT2D eigenvalue weighted by molar-refractivity contribution is 0.102. The van der Waals surface area contributed by atoms with Crippen molar-refractivity contribution in [2.75, 3.05) is 17.7 Å². The summed E-state index contributed by atoms with van der Waals surface area (Å²) >= 11 is 3.44. The third-order valence-corrected chi connectivity index (χ3v) is 3.60. The molecule has 0 bridgehead atoms. The van der Waals surface area contributed by atoms with Gasteiger partial charge in [0, 0.05) is 10.0 Å². The van der Waals surface area contributed by atoms with Crippen molar-refractivity contribution in [3.8, 4) is 5.75 Å². The number of benzene rings is 2. The maximum Gasteiger partial charge on any atom is 0.255 e. The van der Waals surface area contributed by atoms with Gasteiger partial charge in [0.2, 0.25) is 0 Å². The molecule has 3 N–H and O–H groups in total. The first-order valence-corrected chi connectivity index (χ1v) is 7.40. The summed E-state index contributed by atoms with van der Waals surface area (Å²) in [4.78, 5) is 12.2. The van der Waals surface area contributed by atoms with Crippen molar-refractivity contribution in [3.05, 3.63) is 52.0 Å². The molecule has 0 unspecified atom stereocenters. The Hall–Kier alpha value is -2.01. The Labute approximate surface area is 132 Å². The molecule has 0 aliphatic rings. The van der Waals surface area contributed by atoms with Gasteiger partial charge in [0.25, 0.3) is 5.91 Å². The number of anilines is 2. The van der Waals surface area contributed by atoms with Crippen molar-refractivity contribution in [1.82, 2.24) is 0 Å². The van der Waals surface area contributed by atoms with Crippen LogP contribution < -0.4 is 15.8 Å². The van der Waals surface area contributed by atoms with Gasteiger partial charge < -0.3 is 15.8 Å². The standard InChI is InChI=1S/C16H17BrN2O2/c1-3-21-15-7-5-11(9-13(15)18)16(20)19-14-6-4-10(2)8-12(14)17/h4-9H,3,18H2,1-2H3,(H,19,20). The van der Waals surface area contributed by atoms with Crippen molar-refractivity contribution in [2.45, 2.75) is 13.8 Å². The molecule has 0 radical (unpaired) electrons. The van der Waals surface area contributed by atoms with Crippen molar-refractivity contribution in [1.29, 1.82) is 0 Å². The number of hydrogen-bond acceptors (Lipinski definition) is 3. The van der Waals surface area contributed by atoms with E-state index in [0.717, 1.165) is 15.7 Å². The van der Waals surface area contributed by atoms with E-state index in [4.69, 9.17) is 10.5 Å². The second-order valence-electron chi connectivity index (χ2n) is 4.62. The molecule has 110 valence electrons. The highest BCUT2D eigenvalue weighted by Crippen LogP contribution is 2.26. The average Bonchev–Trinajstić information content (AvgIpc) is 2.44. The molecule has 0 spiro atoms. The summed E-state index contributed by atoms with van der Waals surface area (Å²) in [7, 11) is 0. The third-order valence-electron chi connectivity index (χ3n) is 2.94. The fraction of sp³-hybridized carbons (Fsp3) is 0.188. The molecule has 5 heteroatoms. The van der Waals surface area contributed by atoms with Gasteiger partial charge in [-0.3, -0.25) is 4.79 Å². The molecule has 21 heavy (non-hydrogen) atoms. The van der Waals surface area contributed by atoms with E-state index in [9.17, 15) is 4.79 Å². The molecule has 2 aromatic rings. The van der Waals surface area contributed by atoms with Crippen LogP contribution in [0.15, 0.2) is 40.9 Å². The van der Waals surface area contributed by atoms with Gasteiger partial charge in [-0.1, -0.05) is 6.07 Å². The molecule has 0 aliphatic heterocycles. The lowest BCUT2D eigenvalue weighted by Crippen LogP contribution is -2.13. The fourth-order valence-corrected chi connectivity index (χ4v) is 2.49. The number of halogens is 1. The summed E-state index contributed by atoms with van der Waals surface area (Å²) in [5, 5.41) is 2.85. The zero-order valence-electron chi connectivity index (χ0n) is 11.9. The number of aryl methyl sites for hydroxylation is 1. The second-order valence-corrected chi connectivity index (χ2v) is 5.48. The molecular formula is C16H17BrN2O2. The third kappa shape index (κ3) is 3.76. The first kappa shape index (κ1) is 15.4. The SMILES string of the molecule is CCOc1ccc(C(=O)Nc2ccc(C)cc2Br)cc1N. The number of amides is 1. The highest BCUT2D eigenvalue weighted by atomic mass is 79.9. The van der Waals surface area contributed by atoms with Gasteiger partial charge in [0.15, 0.2) is 0 Å². The largest absolute Gasteiger partial charge is 0.492 e. The molecule has 2 aromatic carbocycles. The molecule has 0 fully saturated rings. The molecule has 0 saturated carbocycles. The minimum absolute atomic E-state index is 0.214. The molecule has 0 aliphatic carbocycles. The smallest absolute Gasteiger partial charge is 0.255 e. The number of ether oxygens (including phenoxy) is 1. The summed E-state index contributed by atoms with van der Waals surface area (Å²) in [6.45, 7) is 4.41. The second kappa shape index (κ2) is 6.63. The van der Waals surface area contributed by atoms with E-state index in [1.54, 1.807) is 18.2 Å². The monoisotopic (exact) mass is 348 g/mol. The van der Waals surface area contributed by atoms with Crippen LogP contribution in [0, 0.1) is 6.92 Å². The van der Waals surface area contributed by atoms with Crippen molar-refractivity contribution >= 4 is 33.2 Å². The van der Waals surface area contributed by atoms with Crippen LogP contribution in [0.1, 0.15) is 22.8 Å². The van der Waals surface area contributed by atoms with Crippen LogP contribution >= 0.6 is 15.9 Å². The van der Waals surface area contributed by atoms with Crippen molar-refractivity contribution in [2.24, 2.45) is 0 Å². The number of carbonyl (C=O) groups excluding carboxylic acids is 1. The van der Waals surface area contributed by atoms with Crippen LogP contribution in [0.3, 0.4) is 0 Å². The molecule has 0 saturated heterocycles. The number of nitrogen functional groups attached to an aromatic ring is 1. The van der Waals surface area contributed by atoms with Crippen LogP contribution in [0.25, 0.3) is 0 Å². The number of nitrogens with two attached hydrogens (primary N) is 1. The van der Waals surface area contributed by atoms with Crippen LogP contribution in [0.4, 0.5) is 11.4 Å². The summed E-state index contributed by atoms with van der Waals surface area (Å²) in [5.41, 5.74) is 8.65. The fourth-order valence-electron chi connectivity index (χ4n) is 1.89. The Bertz CT molecular complexity index is 671. The van der Waals surface area contributed by atoms with Crippen LogP contribution in [0.2, 0.25) is 0 Å². The summed E-state index contributed by atoms with van der Waals surface area (Å²) < 4.78 is 6.20. The Morgan fingerprint density at radius 2 is 2.05 bits per heavy atom. The predicted octanol–water partition coefficient (Wildman–Crippen LogP) is 3.99. The number of nitrogens with one attached hydrogen (secondary N) is 1. The van der Waals surface area contributed by atoms with Gasteiger partial charge >= 0.3 is 0 Å². The van der Waals surface area contributed by atoms with Gasteiger partial charge in [0.1, 0.15) is 5.75 Å². The van der Waals surface area contributed by atoms with E-state index >= 15 is 0 Å². The average molecular weight is 349 g/mol. The molecule has 2 rings (SSSR count). The van der Waals surface area contributed by atoms with Crippen molar-refractivity contribution in [3.63, 3.8) is 0 Å². The van der Waals surface area contributed by atoms with Gasteiger partial charge in [-0.15, -0.1) is 0 Å². The maximum absolute atomic E-state index is 12.2. The van der Waals surface area contributed by atoms with Gasteiger partial charge in [-0.2, -0.15) is 0 Å². The zero-order chi connectivity index (χ0) is 15.4. The van der Waals surface area contributed by atoms with E-state index in [1.807, 2.05) is 32.0 Å². The van der Waals surface area contributed by atoms with Crippen LogP contribution in [-0.4, -0.2) is 12.5 Å². The molecule has 0 aromatic heterocycles. The number of rotatable bonds is 4. The number of carbonyl (C=O) groups is 1. The van der Waals surface area contributed by atoms with E-state index in [0.29, 0.717) is 23.6 Å². The Kier molecular flexibility index (Phi) is 4.85. The van der Waals surface area contributed by atoms with Crippen LogP contribution in [0.5, 0.6) is 5.75 Å². The van der Waals surface area contributed by atoms with Gasteiger partial charge in [-0.25, -0.2) is 0 Å². The molecule has 4 nitrogen and oxygen atoms in total. The lowest BCUT2D eigenvalue weighted by atomic mass is 10.1. The Morgan fingerprint density at radius 1 is 1.29 bits per heavy atom. The first-order chi connectivity index (χ1) is 10.0. The minimum Gasteiger partial charge on any atom is -0.492 e. The quantitative estimate of drug-likeness (QED) is 0.821. The van der Waals surface area contributed by atoms with Gasteiger partial charge in [0.05, 0.1) is 18.0 Å². The van der Waals surface area contributed by atoms with E-state index in [-0.39, 0.29) is 5.91 Å². The normalized spacial score (nSPS) is 10.2. The number of hydrogen-bond donors (Lipinski definition) is 2.